The van der Waals surface area contributed by atoms with E-state index in [0.29, 0.717) is 11.6 Å². The lowest BCUT2D eigenvalue weighted by Crippen LogP contribution is -2.18. The number of hydrogen-bond donors (Lipinski definition) is 2. The van der Waals surface area contributed by atoms with Crippen LogP contribution >= 0.6 is 15.9 Å². The number of nitrogens with one attached hydrogen (secondary N) is 1. The van der Waals surface area contributed by atoms with Crippen LogP contribution < -0.4 is 5.32 Å². The summed E-state index contributed by atoms with van der Waals surface area (Å²) in [4.78, 5) is 10.9. The number of hydrogen-bond acceptors (Lipinski definition) is 2. The molecule has 1 aromatic carbocycles. The Morgan fingerprint density at radius 1 is 1.32 bits per heavy atom. The predicted octanol–water partition coefficient (Wildman–Crippen LogP) is 4.53. The average molecular weight is 326 g/mol. The molecule has 104 valence electrons. The Morgan fingerprint density at radius 2 is 2.11 bits per heavy atom. The van der Waals surface area contributed by atoms with Crippen LogP contribution in [0.4, 0.5) is 5.69 Å². The second kappa shape index (κ2) is 6.42. The van der Waals surface area contributed by atoms with Crippen molar-refractivity contribution in [2.45, 2.75) is 45.1 Å². The van der Waals surface area contributed by atoms with Gasteiger partial charge in [-0.05, 0) is 59.3 Å². The Balaban J connectivity index is 2.04. The first-order valence-electron chi connectivity index (χ1n) is 6.85. The molecule has 1 aromatic rings. The molecule has 4 heteroatoms. The average Bonchev–Trinajstić information content (AvgIpc) is 2.57. The van der Waals surface area contributed by atoms with Gasteiger partial charge in [-0.2, -0.15) is 0 Å². The maximum atomic E-state index is 10.9. The highest BCUT2D eigenvalue weighted by Crippen LogP contribution is 2.29. The molecule has 0 amide bonds. The molecule has 0 aliphatic heterocycles. The van der Waals surface area contributed by atoms with Crippen molar-refractivity contribution in [3.05, 3.63) is 28.2 Å². The van der Waals surface area contributed by atoms with Gasteiger partial charge in [0.05, 0.1) is 5.56 Å². The molecule has 0 aromatic heterocycles. The summed E-state index contributed by atoms with van der Waals surface area (Å²) in [5.74, 6) is -0.0693. The van der Waals surface area contributed by atoms with Gasteiger partial charge < -0.3 is 10.4 Å². The minimum absolute atomic E-state index is 0.312. The van der Waals surface area contributed by atoms with Crippen molar-refractivity contribution in [3.63, 3.8) is 0 Å². The number of rotatable bonds is 3. The minimum Gasteiger partial charge on any atom is -0.478 e. The van der Waals surface area contributed by atoms with Crippen LogP contribution in [0, 0.1) is 5.92 Å². The smallest absolute Gasteiger partial charge is 0.335 e. The first kappa shape index (κ1) is 14.4. The predicted molar refractivity (Wildman–Crippen MR) is 80.8 cm³/mol. The summed E-state index contributed by atoms with van der Waals surface area (Å²) < 4.78 is 0.824. The van der Waals surface area contributed by atoms with Gasteiger partial charge in [-0.25, -0.2) is 4.79 Å². The summed E-state index contributed by atoms with van der Waals surface area (Å²) >= 11 is 3.45. The molecule has 0 spiro atoms. The van der Waals surface area contributed by atoms with E-state index in [1.807, 2.05) is 6.07 Å². The van der Waals surface area contributed by atoms with Gasteiger partial charge in [-0.15, -0.1) is 0 Å². The molecule has 0 bridgehead atoms. The van der Waals surface area contributed by atoms with Crippen molar-refractivity contribution in [3.8, 4) is 0 Å². The molecule has 1 aliphatic carbocycles. The number of anilines is 1. The van der Waals surface area contributed by atoms with Crippen LogP contribution in [0.5, 0.6) is 0 Å². The van der Waals surface area contributed by atoms with Crippen LogP contribution in [0.15, 0.2) is 22.7 Å². The number of carboxylic acids is 1. The van der Waals surface area contributed by atoms with E-state index < -0.39 is 5.97 Å². The third-order valence-electron chi connectivity index (χ3n) is 3.83. The maximum absolute atomic E-state index is 10.9. The van der Waals surface area contributed by atoms with E-state index in [1.165, 1.54) is 32.1 Å². The quantitative estimate of drug-likeness (QED) is 0.803. The van der Waals surface area contributed by atoms with Gasteiger partial charge in [0.15, 0.2) is 0 Å². The number of halogens is 1. The zero-order valence-corrected chi connectivity index (χ0v) is 12.7. The van der Waals surface area contributed by atoms with Gasteiger partial charge in [0, 0.05) is 16.2 Å². The fraction of sp³-hybridized carbons (Fsp3) is 0.533. The number of carbonyl (C=O) groups is 1. The second-order valence-electron chi connectivity index (χ2n) is 5.45. The van der Waals surface area contributed by atoms with Gasteiger partial charge >= 0.3 is 5.97 Å². The highest BCUT2D eigenvalue weighted by atomic mass is 79.9. The highest BCUT2D eigenvalue weighted by Gasteiger charge is 2.17. The molecule has 3 nitrogen and oxygen atoms in total. The first-order chi connectivity index (χ1) is 9.06. The molecule has 2 rings (SSSR count). The summed E-state index contributed by atoms with van der Waals surface area (Å²) in [7, 11) is 0. The van der Waals surface area contributed by atoms with Crippen molar-refractivity contribution in [1.29, 1.82) is 0 Å². The molecule has 19 heavy (non-hydrogen) atoms. The van der Waals surface area contributed by atoms with Crippen LogP contribution in [0.25, 0.3) is 0 Å². The monoisotopic (exact) mass is 325 g/mol. The van der Waals surface area contributed by atoms with E-state index >= 15 is 0 Å². The minimum atomic E-state index is -0.893. The van der Waals surface area contributed by atoms with Gasteiger partial charge in [-0.3, -0.25) is 0 Å². The zero-order valence-electron chi connectivity index (χ0n) is 11.2. The Kier molecular flexibility index (Phi) is 4.86. The molecular formula is C15H20BrNO2. The molecule has 2 unspecified atom stereocenters. The lowest BCUT2D eigenvalue weighted by molar-refractivity contribution is 0.0697. The molecule has 0 saturated heterocycles. The summed E-state index contributed by atoms with van der Waals surface area (Å²) in [6, 6.07) is 5.65. The van der Waals surface area contributed by atoms with Crippen molar-refractivity contribution < 1.29 is 9.90 Å². The molecule has 0 heterocycles. The van der Waals surface area contributed by atoms with Crippen molar-refractivity contribution >= 4 is 27.6 Å². The first-order valence-corrected chi connectivity index (χ1v) is 7.65. The van der Waals surface area contributed by atoms with Crippen LogP contribution in [-0.2, 0) is 0 Å². The van der Waals surface area contributed by atoms with Crippen LogP contribution in [-0.4, -0.2) is 17.1 Å². The number of aromatic carboxylic acids is 1. The normalized spacial score (nSPS) is 23.7. The Hall–Kier alpha value is -1.03. The topological polar surface area (TPSA) is 49.3 Å². The second-order valence-corrected chi connectivity index (χ2v) is 6.31. The van der Waals surface area contributed by atoms with E-state index in [-0.39, 0.29) is 0 Å². The standard InChI is InChI=1S/C15H20BrNO2/c1-10-3-2-4-12(7-5-10)17-14-8-6-11(15(18)19)9-13(14)16/h6,8-10,12,17H,2-5,7H2,1H3,(H,18,19). The third kappa shape index (κ3) is 3.96. The molecule has 1 saturated carbocycles. The van der Waals surface area contributed by atoms with Gasteiger partial charge in [-0.1, -0.05) is 19.8 Å². The number of benzene rings is 1. The van der Waals surface area contributed by atoms with Crippen LogP contribution in [0.1, 0.15) is 49.4 Å². The molecule has 2 atom stereocenters. The maximum Gasteiger partial charge on any atom is 0.335 e. The van der Waals surface area contributed by atoms with E-state index in [2.05, 4.69) is 28.2 Å². The third-order valence-corrected chi connectivity index (χ3v) is 4.49. The Bertz CT molecular complexity index is 461. The molecule has 0 radical (unpaired) electrons. The highest BCUT2D eigenvalue weighted by molar-refractivity contribution is 9.10. The van der Waals surface area contributed by atoms with Crippen LogP contribution in [0.3, 0.4) is 0 Å². The largest absolute Gasteiger partial charge is 0.478 e. The Morgan fingerprint density at radius 3 is 2.79 bits per heavy atom. The van der Waals surface area contributed by atoms with Crippen molar-refractivity contribution in [1.82, 2.24) is 0 Å². The van der Waals surface area contributed by atoms with Gasteiger partial charge in [0.2, 0.25) is 0 Å². The molecule has 1 fully saturated rings. The molecular weight excluding hydrogens is 306 g/mol. The molecule has 1 aliphatic rings. The molecule has 2 N–H and O–H groups in total. The zero-order chi connectivity index (χ0) is 13.8. The lowest BCUT2D eigenvalue weighted by Gasteiger charge is -2.19. The van der Waals surface area contributed by atoms with E-state index in [9.17, 15) is 4.79 Å². The van der Waals surface area contributed by atoms with E-state index in [1.54, 1.807) is 12.1 Å². The fourth-order valence-corrected chi connectivity index (χ4v) is 3.11. The Labute approximate surface area is 122 Å². The lowest BCUT2D eigenvalue weighted by atomic mass is 10.0. The van der Waals surface area contributed by atoms with Gasteiger partial charge in [0.25, 0.3) is 0 Å². The van der Waals surface area contributed by atoms with E-state index in [4.69, 9.17) is 5.11 Å². The van der Waals surface area contributed by atoms with Gasteiger partial charge in [0.1, 0.15) is 0 Å². The summed E-state index contributed by atoms with van der Waals surface area (Å²) in [5.41, 5.74) is 1.30. The fourth-order valence-electron chi connectivity index (χ4n) is 2.62. The van der Waals surface area contributed by atoms with Crippen LogP contribution in [0.2, 0.25) is 0 Å². The van der Waals surface area contributed by atoms with Crippen molar-refractivity contribution in [2.24, 2.45) is 5.92 Å². The number of carboxylic acid groups (broad SMARTS) is 1. The summed E-state index contributed by atoms with van der Waals surface area (Å²) in [6.07, 6.45) is 6.23. The SMILES string of the molecule is CC1CCCC(Nc2ccc(C(=O)O)cc2Br)CC1. The van der Waals surface area contributed by atoms with E-state index in [0.717, 1.165) is 16.1 Å². The summed E-state index contributed by atoms with van der Waals surface area (Å²) in [6.45, 7) is 2.32. The van der Waals surface area contributed by atoms with Crippen molar-refractivity contribution in [2.75, 3.05) is 5.32 Å². The summed E-state index contributed by atoms with van der Waals surface area (Å²) in [5, 5.41) is 12.5.